The van der Waals surface area contributed by atoms with Gasteiger partial charge in [0.2, 0.25) is 0 Å². The van der Waals surface area contributed by atoms with Gasteiger partial charge in [-0.2, -0.15) is 36.4 Å². The smallest absolute Gasteiger partial charge is 0.508 e. The molecule has 0 aliphatic rings. The Morgan fingerprint density at radius 1 is 0.485 bits per heavy atom. The average molecular weight is 554 g/mol. The summed E-state index contributed by atoms with van der Waals surface area (Å²) in [6, 6.07) is 35.2. The van der Waals surface area contributed by atoms with Gasteiger partial charge in [0.1, 0.15) is 11.5 Å². The van der Waals surface area contributed by atoms with Crippen molar-refractivity contribution in [2.24, 2.45) is 0 Å². The van der Waals surface area contributed by atoms with Gasteiger partial charge in [-0.3, -0.25) is 0 Å². The van der Waals surface area contributed by atoms with Gasteiger partial charge >= 0.3 is 26.2 Å². The van der Waals surface area contributed by atoms with Crippen LogP contribution >= 0.6 is 0 Å². The van der Waals surface area contributed by atoms with Crippen LogP contribution in [0.5, 0.6) is 11.5 Å². The van der Waals surface area contributed by atoms with Crippen LogP contribution in [0.1, 0.15) is 0 Å². The van der Waals surface area contributed by atoms with Crippen molar-refractivity contribution >= 4 is 26.5 Å². The molecule has 0 bridgehead atoms. The van der Waals surface area contributed by atoms with E-state index in [0.717, 1.165) is 10.4 Å². The molecule has 0 saturated heterocycles. The molecule has 5 heteroatoms. The van der Waals surface area contributed by atoms with Gasteiger partial charge in [-0.25, -0.2) is 24.3 Å². The SMILES string of the molecule is C[Si](C)(C)c1ccccc1O.C[Si](C)(C)c1ccccc1O.[Zr+2].c1cc[cH-]c1.c1cc[cH-]c1. The summed E-state index contributed by atoms with van der Waals surface area (Å²) in [5.41, 5.74) is 0. The molecule has 4 aromatic rings. The van der Waals surface area contributed by atoms with Gasteiger partial charge in [-0.05, 0) is 22.5 Å². The molecule has 0 spiro atoms. The molecular weight excluding hydrogens is 516 g/mol. The van der Waals surface area contributed by atoms with Crippen molar-refractivity contribution in [2.75, 3.05) is 0 Å². The molecule has 0 saturated carbocycles. The van der Waals surface area contributed by atoms with E-state index in [4.69, 9.17) is 0 Å². The first-order valence-corrected chi connectivity index (χ1v) is 17.9. The topological polar surface area (TPSA) is 40.5 Å². The van der Waals surface area contributed by atoms with Gasteiger partial charge in [0.05, 0.1) is 16.1 Å². The van der Waals surface area contributed by atoms with Crippen LogP contribution in [-0.4, -0.2) is 26.4 Å². The molecule has 0 aliphatic heterocycles. The summed E-state index contributed by atoms with van der Waals surface area (Å²) in [5.74, 6) is 0.901. The van der Waals surface area contributed by atoms with Crippen molar-refractivity contribution in [1.29, 1.82) is 0 Å². The number of phenolic OH excluding ortho intramolecular Hbond substituents is 2. The van der Waals surface area contributed by atoms with Crippen molar-refractivity contribution in [3.8, 4) is 11.5 Å². The van der Waals surface area contributed by atoms with Crippen LogP contribution in [0.15, 0.2) is 109 Å². The number of benzene rings is 2. The number of hydrogen-bond donors (Lipinski definition) is 2. The normalized spacial score (nSPS) is 10.1. The number of phenols is 2. The Kier molecular flexibility index (Phi) is 14.9. The molecule has 174 valence electrons. The molecule has 33 heavy (non-hydrogen) atoms. The molecule has 4 aromatic carbocycles. The van der Waals surface area contributed by atoms with Crippen LogP contribution in [0.25, 0.3) is 0 Å². The fourth-order valence-corrected chi connectivity index (χ4v) is 5.75. The zero-order chi connectivity index (χ0) is 24.0. The fraction of sp³-hybridized carbons (Fsp3) is 0.214. The minimum absolute atomic E-state index is 0. The second kappa shape index (κ2) is 15.8. The van der Waals surface area contributed by atoms with E-state index in [1.54, 1.807) is 12.1 Å². The van der Waals surface area contributed by atoms with Crippen molar-refractivity contribution in [2.45, 2.75) is 39.3 Å². The van der Waals surface area contributed by atoms with E-state index in [1.807, 2.05) is 97.1 Å². The van der Waals surface area contributed by atoms with Crippen molar-refractivity contribution in [3.63, 3.8) is 0 Å². The predicted octanol–water partition coefficient (Wildman–Crippen LogP) is 6.68. The van der Waals surface area contributed by atoms with Gasteiger partial charge in [-0.1, -0.05) is 75.7 Å². The minimum atomic E-state index is -1.33. The van der Waals surface area contributed by atoms with Gasteiger partial charge in [0.15, 0.2) is 0 Å². The average Bonchev–Trinajstić information content (AvgIpc) is 3.46. The molecule has 4 rings (SSSR count). The number of aromatic hydroxyl groups is 2. The van der Waals surface area contributed by atoms with E-state index in [9.17, 15) is 10.2 Å². The second-order valence-corrected chi connectivity index (χ2v) is 19.5. The van der Waals surface area contributed by atoms with E-state index >= 15 is 0 Å². The molecule has 0 unspecified atom stereocenters. The first-order valence-electron chi connectivity index (χ1n) is 10.9. The Morgan fingerprint density at radius 2 is 0.758 bits per heavy atom. The van der Waals surface area contributed by atoms with Crippen molar-refractivity contribution in [1.82, 2.24) is 0 Å². The van der Waals surface area contributed by atoms with Gasteiger partial charge < -0.3 is 10.2 Å². The summed E-state index contributed by atoms with van der Waals surface area (Å²) in [4.78, 5) is 0. The molecule has 2 N–H and O–H groups in total. The van der Waals surface area contributed by atoms with Crippen LogP contribution in [0, 0.1) is 0 Å². The number of hydrogen-bond acceptors (Lipinski definition) is 2. The van der Waals surface area contributed by atoms with Crippen LogP contribution in [0.2, 0.25) is 39.3 Å². The summed E-state index contributed by atoms with van der Waals surface area (Å²) >= 11 is 0. The van der Waals surface area contributed by atoms with E-state index in [0.29, 0.717) is 11.5 Å². The Balaban J connectivity index is 0.000000434. The maximum Gasteiger partial charge on any atom is 2.00 e. The van der Waals surface area contributed by atoms with Crippen molar-refractivity contribution in [3.05, 3.63) is 109 Å². The van der Waals surface area contributed by atoms with Crippen LogP contribution in [0.3, 0.4) is 0 Å². The standard InChI is InChI=1S/2C9H14OSi.2C5H5.Zr/c2*1-11(2,3)9-7-5-4-6-8(9)10;2*1-2-4-5-3-1;/h2*4-7,10H,1-3H3;2*1-5H;/q;;2*-1;+2. The van der Waals surface area contributed by atoms with Crippen molar-refractivity contribution < 1.29 is 36.4 Å². The second-order valence-electron chi connectivity index (χ2n) is 9.46. The molecule has 0 fully saturated rings. The van der Waals surface area contributed by atoms with E-state index in [1.165, 1.54) is 0 Å². The summed E-state index contributed by atoms with van der Waals surface area (Å²) in [6.45, 7) is 13.3. The van der Waals surface area contributed by atoms with E-state index in [2.05, 4.69) is 39.3 Å². The summed E-state index contributed by atoms with van der Waals surface area (Å²) in [6.07, 6.45) is 0. The number of para-hydroxylation sites is 2. The fourth-order valence-electron chi connectivity index (χ4n) is 2.86. The monoisotopic (exact) mass is 552 g/mol. The number of rotatable bonds is 2. The summed E-state index contributed by atoms with van der Waals surface area (Å²) in [5, 5.41) is 21.2. The van der Waals surface area contributed by atoms with E-state index < -0.39 is 16.1 Å². The molecule has 0 aromatic heterocycles. The Labute approximate surface area is 221 Å². The summed E-state index contributed by atoms with van der Waals surface area (Å²) in [7, 11) is -2.66. The molecule has 0 heterocycles. The molecular formula is C28H38O2Si2Zr. The maximum absolute atomic E-state index is 9.48. The first kappa shape index (κ1) is 31.1. The Hall–Kier alpha value is -1.94. The molecule has 0 radical (unpaired) electrons. The predicted molar refractivity (Wildman–Crippen MR) is 146 cm³/mol. The van der Waals surface area contributed by atoms with Crippen LogP contribution < -0.4 is 10.4 Å². The van der Waals surface area contributed by atoms with Gasteiger partial charge in [0, 0.05) is 0 Å². The first-order chi connectivity index (χ1) is 15.0. The Morgan fingerprint density at radius 3 is 0.909 bits per heavy atom. The van der Waals surface area contributed by atoms with Crippen LogP contribution in [0.4, 0.5) is 0 Å². The largest absolute Gasteiger partial charge is 2.00 e. The zero-order valence-corrected chi connectivity index (χ0v) is 25.2. The Bertz CT molecular complexity index is 852. The third-order valence-corrected chi connectivity index (χ3v) is 8.61. The minimum Gasteiger partial charge on any atom is -0.508 e. The molecule has 0 aliphatic carbocycles. The third kappa shape index (κ3) is 13.4. The van der Waals surface area contributed by atoms with Crippen LogP contribution in [-0.2, 0) is 26.2 Å². The van der Waals surface area contributed by atoms with E-state index in [-0.39, 0.29) is 26.2 Å². The maximum atomic E-state index is 9.48. The van der Waals surface area contributed by atoms with Gasteiger partial charge in [0.25, 0.3) is 0 Å². The molecule has 2 nitrogen and oxygen atoms in total. The zero-order valence-electron chi connectivity index (χ0n) is 20.8. The molecule has 0 amide bonds. The quantitative estimate of drug-likeness (QED) is 0.215. The summed E-state index contributed by atoms with van der Waals surface area (Å²) < 4.78 is 0. The van der Waals surface area contributed by atoms with Gasteiger partial charge in [-0.15, -0.1) is 0 Å². The molecule has 0 atom stereocenters. The third-order valence-electron chi connectivity index (χ3n) is 4.54.